The van der Waals surface area contributed by atoms with Gasteiger partial charge in [-0.3, -0.25) is 14.6 Å². The van der Waals surface area contributed by atoms with E-state index in [0.29, 0.717) is 18.0 Å². The zero-order valence-electron chi connectivity index (χ0n) is 21.5. The summed E-state index contributed by atoms with van der Waals surface area (Å²) in [6, 6.07) is 27.3. The number of amides is 2. The third-order valence-electron chi connectivity index (χ3n) is 6.21. The van der Waals surface area contributed by atoms with Gasteiger partial charge >= 0.3 is 0 Å². The predicted octanol–water partition coefficient (Wildman–Crippen LogP) is 4.73. The third-order valence-corrected chi connectivity index (χ3v) is 6.21. The zero-order chi connectivity index (χ0) is 26.7. The lowest BCUT2D eigenvalue weighted by Crippen LogP contribution is -2.43. The van der Waals surface area contributed by atoms with Crippen LogP contribution < -0.4 is 14.8 Å². The Balaban J connectivity index is 1.67. The molecule has 0 radical (unpaired) electrons. The summed E-state index contributed by atoms with van der Waals surface area (Å²) >= 11 is 0. The van der Waals surface area contributed by atoms with Gasteiger partial charge in [0.2, 0.25) is 11.8 Å². The Kier molecular flexibility index (Phi) is 9.07. The van der Waals surface area contributed by atoms with Gasteiger partial charge in [0.25, 0.3) is 0 Å². The molecule has 3 aromatic carbocycles. The maximum atomic E-state index is 13.9. The molecule has 7 nitrogen and oxygen atoms in total. The van der Waals surface area contributed by atoms with E-state index < -0.39 is 6.04 Å². The van der Waals surface area contributed by atoms with E-state index in [9.17, 15) is 9.59 Å². The van der Waals surface area contributed by atoms with Gasteiger partial charge < -0.3 is 19.7 Å². The summed E-state index contributed by atoms with van der Waals surface area (Å²) in [6.45, 7) is 0.600. The second-order valence-corrected chi connectivity index (χ2v) is 8.76. The highest BCUT2D eigenvalue weighted by Gasteiger charge is 2.31. The predicted molar refractivity (Wildman–Crippen MR) is 146 cm³/mol. The van der Waals surface area contributed by atoms with Gasteiger partial charge in [0.05, 0.1) is 20.6 Å². The summed E-state index contributed by atoms with van der Waals surface area (Å²) in [5, 5.41) is 3.02. The van der Waals surface area contributed by atoms with Crippen LogP contribution in [-0.4, -0.2) is 35.9 Å². The number of ether oxygens (including phenoxy) is 2. The number of carbonyl (C=O) groups is 2. The van der Waals surface area contributed by atoms with Crippen molar-refractivity contribution >= 4 is 11.8 Å². The molecule has 0 unspecified atom stereocenters. The van der Waals surface area contributed by atoms with Crippen molar-refractivity contribution in [2.45, 2.75) is 25.6 Å². The topological polar surface area (TPSA) is 80.8 Å². The molecule has 0 saturated heterocycles. The fourth-order valence-corrected chi connectivity index (χ4v) is 4.27. The Morgan fingerprint density at radius 1 is 0.789 bits per heavy atom. The van der Waals surface area contributed by atoms with E-state index in [1.165, 1.54) is 0 Å². The van der Waals surface area contributed by atoms with E-state index in [-0.39, 0.29) is 24.8 Å². The van der Waals surface area contributed by atoms with Gasteiger partial charge in [-0.25, -0.2) is 0 Å². The maximum absolute atomic E-state index is 13.9. The molecule has 1 aromatic heterocycles. The molecule has 1 N–H and O–H groups in total. The second kappa shape index (κ2) is 13.1. The van der Waals surface area contributed by atoms with Crippen LogP contribution in [0.3, 0.4) is 0 Å². The van der Waals surface area contributed by atoms with Gasteiger partial charge in [0.1, 0.15) is 6.04 Å². The first-order valence-electron chi connectivity index (χ1n) is 12.3. The van der Waals surface area contributed by atoms with E-state index in [1.54, 1.807) is 43.6 Å². The molecule has 1 atom stereocenters. The van der Waals surface area contributed by atoms with Crippen LogP contribution >= 0.6 is 0 Å². The Morgan fingerprint density at radius 3 is 2.11 bits per heavy atom. The number of methoxy groups -OCH3 is 2. The molecule has 4 aromatic rings. The number of hydrogen-bond donors (Lipinski definition) is 1. The van der Waals surface area contributed by atoms with Crippen molar-refractivity contribution < 1.29 is 19.1 Å². The molecule has 194 valence electrons. The van der Waals surface area contributed by atoms with Crippen LogP contribution in [0.15, 0.2) is 103 Å². The Bertz CT molecular complexity index is 1330. The average Bonchev–Trinajstić information content (AvgIpc) is 2.97. The number of nitrogens with zero attached hydrogens (tertiary/aromatic N) is 2. The second-order valence-electron chi connectivity index (χ2n) is 8.76. The fraction of sp³-hybridized carbons (Fsp3) is 0.194. The fourth-order valence-electron chi connectivity index (χ4n) is 4.27. The van der Waals surface area contributed by atoms with E-state index in [4.69, 9.17) is 9.47 Å². The number of hydrogen-bond acceptors (Lipinski definition) is 5. The van der Waals surface area contributed by atoms with Gasteiger partial charge in [-0.1, -0.05) is 66.7 Å². The van der Waals surface area contributed by atoms with E-state index >= 15 is 0 Å². The molecule has 0 aliphatic rings. The first kappa shape index (κ1) is 26.4. The van der Waals surface area contributed by atoms with Gasteiger partial charge in [0.15, 0.2) is 11.5 Å². The van der Waals surface area contributed by atoms with Crippen molar-refractivity contribution in [3.05, 3.63) is 126 Å². The normalized spacial score (nSPS) is 11.3. The van der Waals surface area contributed by atoms with Crippen LogP contribution in [0.5, 0.6) is 11.5 Å². The summed E-state index contributed by atoms with van der Waals surface area (Å²) in [4.78, 5) is 33.3. The van der Waals surface area contributed by atoms with Crippen LogP contribution in [0.4, 0.5) is 0 Å². The summed E-state index contributed by atoms with van der Waals surface area (Å²) in [6.07, 6.45) is 3.46. The minimum Gasteiger partial charge on any atom is -0.493 e. The van der Waals surface area contributed by atoms with Crippen molar-refractivity contribution in [2.75, 3.05) is 14.2 Å². The largest absolute Gasteiger partial charge is 0.493 e. The van der Waals surface area contributed by atoms with Gasteiger partial charge in [-0.05, 0) is 46.5 Å². The Hall–Kier alpha value is -4.65. The highest BCUT2D eigenvalue weighted by atomic mass is 16.5. The molecule has 2 amide bonds. The molecule has 0 saturated carbocycles. The van der Waals surface area contributed by atoms with Crippen molar-refractivity contribution in [3.63, 3.8) is 0 Å². The SMILES string of the molecule is COc1ccc(CC(=O)N(Cc2ccccc2)[C@@H](C(=O)NCc2ccncc2)c2ccccc2)cc1OC. The summed E-state index contributed by atoms with van der Waals surface area (Å²) in [5.41, 5.74) is 3.34. The summed E-state index contributed by atoms with van der Waals surface area (Å²) < 4.78 is 10.8. The van der Waals surface area contributed by atoms with Crippen molar-refractivity contribution in [2.24, 2.45) is 0 Å². The molecule has 4 rings (SSSR count). The van der Waals surface area contributed by atoms with E-state index in [1.807, 2.05) is 78.9 Å². The molecule has 1 heterocycles. The number of nitrogens with one attached hydrogen (secondary N) is 1. The van der Waals surface area contributed by atoms with Crippen molar-refractivity contribution in [1.29, 1.82) is 0 Å². The highest BCUT2D eigenvalue weighted by Crippen LogP contribution is 2.29. The highest BCUT2D eigenvalue weighted by molar-refractivity contribution is 5.89. The molecule has 0 fully saturated rings. The van der Waals surface area contributed by atoms with Crippen LogP contribution in [-0.2, 0) is 29.1 Å². The van der Waals surface area contributed by atoms with Crippen LogP contribution in [0, 0.1) is 0 Å². The number of carbonyl (C=O) groups excluding carboxylic acids is 2. The minimum absolute atomic E-state index is 0.0914. The van der Waals surface area contributed by atoms with Gasteiger partial charge in [-0.15, -0.1) is 0 Å². The molecule has 38 heavy (non-hydrogen) atoms. The first-order chi connectivity index (χ1) is 18.6. The van der Waals surface area contributed by atoms with E-state index in [2.05, 4.69) is 10.3 Å². The quantitative estimate of drug-likeness (QED) is 0.316. The number of pyridine rings is 1. The van der Waals surface area contributed by atoms with Crippen molar-refractivity contribution in [3.8, 4) is 11.5 Å². The third kappa shape index (κ3) is 6.76. The van der Waals surface area contributed by atoms with Crippen LogP contribution in [0.25, 0.3) is 0 Å². The molecule has 0 aliphatic heterocycles. The lowest BCUT2D eigenvalue weighted by atomic mass is 10.0. The lowest BCUT2D eigenvalue weighted by molar-refractivity contribution is -0.141. The van der Waals surface area contributed by atoms with Crippen LogP contribution in [0.2, 0.25) is 0 Å². The molecular weight excluding hydrogens is 478 g/mol. The molecule has 0 bridgehead atoms. The summed E-state index contributed by atoms with van der Waals surface area (Å²) in [5.74, 6) is 0.684. The molecular formula is C31H31N3O4. The Morgan fingerprint density at radius 2 is 1.45 bits per heavy atom. The number of benzene rings is 3. The zero-order valence-corrected chi connectivity index (χ0v) is 21.5. The smallest absolute Gasteiger partial charge is 0.247 e. The number of rotatable bonds is 11. The monoisotopic (exact) mass is 509 g/mol. The number of aromatic nitrogens is 1. The van der Waals surface area contributed by atoms with Crippen molar-refractivity contribution in [1.82, 2.24) is 15.2 Å². The van der Waals surface area contributed by atoms with Gasteiger partial charge in [-0.2, -0.15) is 0 Å². The molecule has 0 spiro atoms. The average molecular weight is 510 g/mol. The lowest BCUT2D eigenvalue weighted by Gasteiger charge is -2.32. The standard InChI is InChI=1S/C31H31N3O4/c1-37-27-14-13-25(19-28(27)38-2)20-29(35)34(22-24-9-5-3-6-10-24)30(26-11-7-4-8-12-26)31(36)33-21-23-15-17-32-18-16-23/h3-19,30H,20-22H2,1-2H3,(H,33,36)/t30-/m1/s1. The molecule has 7 heteroatoms. The summed E-state index contributed by atoms with van der Waals surface area (Å²) in [7, 11) is 3.13. The van der Waals surface area contributed by atoms with E-state index in [0.717, 1.165) is 22.3 Å². The molecule has 0 aliphatic carbocycles. The first-order valence-corrected chi connectivity index (χ1v) is 12.3. The van der Waals surface area contributed by atoms with Crippen LogP contribution in [0.1, 0.15) is 28.3 Å². The maximum Gasteiger partial charge on any atom is 0.247 e. The van der Waals surface area contributed by atoms with Gasteiger partial charge in [0, 0.05) is 25.5 Å². The minimum atomic E-state index is -0.828. The Labute approximate surface area is 223 Å².